The third kappa shape index (κ3) is 4.66. The lowest BCUT2D eigenvalue weighted by Gasteiger charge is -2.29. The molecule has 0 aliphatic carbocycles. The lowest BCUT2D eigenvalue weighted by molar-refractivity contribution is -0.131. The van der Waals surface area contributed by atoms with E-state index in [-0.39, 0.29) is 28.4 Å². The first-order valence-electron chi connectivity index (χ1n) is 9.67. The van der Waals surface area contributed by atoms with E-state index in [1.807, 2.05) is 18.4 Å². The van der Waals surface area contributed by atoms with E-state index in [1.165, 1.54) is 23.9 Å². The number of fused-ring (bicyclic) bond motifs is 1. The van der Waals surface area contributed by atoms with Crippen LogP contribution in [0.15, 0.2) is 28.3 Å². The number of hydrogen-bond donors (Lipinski definition) is 1. The van der Waals surface area contributed by atoms with Gasteiger partial charge in [-0.15, -0.1) is 0 Å². The number of nitrogens with two attached hydrogens (primary N) is 1. The zero-order chi connectivity index (χ0) is 22.3. The molecule has 1 fully saturated rings. The van der Waals surface area contributed by atoms with Crippen LogP contribution in [0.3, 0.4) is 0 Å². The number of hydrogen-bond acceptors (Lipinski definition) is 7. The van der Waals surface area contributed by atoms with Crippen molar-refractivity contribution in [3.05, 3.63) is 18.2 Å². The topological polar surface area (TPSA) is 132 Å². The summed E-state index contributed by atoms with van der Waals surface area (Å²) in [7, 11) is -6.93. The summed E-state index contributed by atoms with van der Waals surface area (Å²) in [4.78, 5) is 19.2. The van der Waals surface area contributed by atoms with Gasteiger partial charge in [-0.2, -0.15) is 0 Å². The van der Waals surface area contributed by atoms with Crippen molar-refractivity contribution in [1.82, 2.24) is 14.5 Å². The van der Waals surface area contributed by atoms with Crippen molar-refractivity contribution >= 4 is 48.6 Å². The van der Waals surface area contributed by atoms with Gasteiger partial charge in [0.2, 0.25) is 15.9 Å². The van der Waals surface area contributed by atoms with Gasteiger partial charge in [-0.3, -0.25) is 4.79 Å². The molecule has 0 spiro atoms. The van der Waals surface area contributed by atoms with Gasteiger partial charge < -0.3 is 9.47 Å². The van der Waals surface area contributed by atoms with E-state index in [2.05, 4.69) is 4.98 Å². The summed E-state index contributed by atoms with van der Waals surface area (Å²) in [5.74, 6) is -0.0149. The fourth-order valence-corrected chi connectivity index (χ4v) is 7.04. The minimum absolute atomic E-state index is 0.00772. The zero-order valence-corrected chi connectivity index (χ0v) is 19.6. The van der Waals surface area contributed by atoms with E-state index < -0.39 is 25.1 Å². The number of carbonyl (C=O) groups is 1. The van der Waals surface area contributed by atoms with Crippen LogP contribution in [0.1, 0.15) is 27.2 Å². The SMILES string of the molecule is CCN(C(=O)[C@@H](C)Sc1nc2cc(S(N)(=O)=O)ccc2n1CC)[C@@H]1CCS(=O)(=O)C1. The predicted octanol–water partition coefficient (Wildman–Crippen LogP) is 1.22. The number of sulfonamides is 1. The Balaban J connectivity index is 1.86. The molecule has 2 aromatic rings. The van der Waals surface area contributed by atoms with Crippen molar-refractivity contribution in [2.45, 2.75) is 55.1 Å². The molecule has 1 aliphatic heterocycles. The van der Waals surface area contributed by atoms with Crippen molar-refractivity contribution in [3.63, 3.8) is 0 Å². The molecule has 12 heteroatoms. The Morgan fingerprint density at radius 3 is 2.63 bits per heavy atom. The van der Waals surface area contributed by atoms with E-state index in [9.17, 15) is 21.6 Å². The summed E-state index contributed by atoms with van der Waals surface area (Å²) in [6, 6.07) is 4.23. The number of aryl methyl sites for hydroxylation is 1. The molecule has 1 amide bonds. The molecule has 1 aromatic carbocycles. The quantitative estimate of drug-likeness (QED) is 0.597. The molecule has 0 bridgehead atoms. The van der Waals surface area contributed by atoms with Gasteiger partial charge in [-0.1, -0.05) is 11.8 Å². The molecule has 1 saturated heterocycles. The highest BCUT2D eigenvalue weighted by Gasteiger charge is 2.35. The summed E-state index contributed by atoms with van der Waals surface area (Å²) in [6.07, 6.45) is 0.461. The second-order valence-electron chi connectivity index (χ2n) is 7.28. The van der Waals surface area contributed by atoms with Gasteiger partial charge in [0.25, 0.3) is 0 Å². The predicted molar refractivity (Wildman–Crippen MR) is 117 cm³/mol. The van der Waals surface area contributed by atoms with E-state index in [0.717, 1.165) is 5.52 Å². The third-order valence-electron chi connectivity index (χ3n) is 5.23. The van der Waals surface area contributed by atoms with Crippen LogP contribution in [0.2, 0.25) is 0 Å². The molecule has 3 rings (SSSR count). The third-order valence-corrected chi connectivity index (χ3v) is 8.97. The summed E-state index contributed by atoms with van der Waals surface area (Å²) in [6.45, 7) is 6.58. The van der Waals surface area contributed by atoms with Crippen LogP contribution in [0.25, 0.3) is 11.0 Å². The van der Waals surface area contributed by atoms with Crippen LogP contribution in [0, 0.1) is 0 Å². The maximum absolute atomic E-state index is 13.1. The van der Waals surface area contributed by atoms with Gasteiger partial charge in [-0.25, -0.2) is 27.0 Å². The number of carbonyl (C=O) groups excluding carboxylic acids is 1. The fourth-order valence-electron chi connectivity index (χ4n) is 3.72. The first kappa shape index (κ1) is 23.0. The minimum Gasteiger partial charge on any atom is -0.338 e. The summed E-state index contributed by atoms with van der Waals surface area (Å²) in [5, 5.41) is 5.33. The van der Waals surface area contributed by atoms with Crippen LogP contribution in [-0.4, -0.2) is 66.5 Å². The van der Waals surface area contributed by atoms with Crippen molar-refractivity contribution in [2.24, 2.45) is 5.14 Å². The van der Waals surface area contributed by atoms with Crippen molar-refractivity contribution < 1.29 is 21.6 Å². The van der Waals surface area contributed by atoms with Gasteiger partial charge in [0.1, 0.15) is 0 Å². The molecule has 1 aromatic heterocycles. The van der Waals surface area contributed by atoms with Crippen LogP contribution < -0.4 is 5.14 Å². The van der Waals surface area contributed by atoms with Gasteiger partial charge in [0, 0.05) is 19.1 Å². The molecule has 0 unspecified atom stereocenters. The van der Waals surface area contributed by atoms with Gasteiger partial charge in [0.15, 0.2) is 15.0 Å². The minimum atomic E-state index is -3.84. The average Bonchev–Trinajstić information content (AvgIpc) is 3.19. The molecule has 166 valence electrons. The highest BCUT2D eigenvalue weighted by molar-refractivity contribution is 8.00. The van der Waals surface area contributed by atoms with Gasteiger partial charge >= 0.3 is 0 Å². The number of aromatic nitrogens is 2. The number of benzene rings is 1. The lowest BCUT2D eigenvalue weighted by atomic mass is 10.2. The Labute approximate surface area is 181 Å². The lowest BCUT2D eigenvalue weighted by Crippen LogP contribution is -2.44. The monoisotopic (exact) mass is 474 g/mol. The molecule has 2 N–H and O–H groups in total. The van der Waals surface area contributed by atoms with E-state index in [0.29, 0.717) is 30.2 Å². The summed E-state index contributed by atoms with van der Waals surface area (Å²) >= 11 is 1.27. The fraction of sp³-hybridized carbons (Fsp3) is 0.556. The molecule has 1 aliphatic rings. The number of sulfone groups is 1. The van der Waals surface area contributed by atoms with Crippen molar-refractivity contribution in [2.75, 3.05) is 18.1 Å². The molecule has 30 heavy (non-hydrogen) atoms. The molecule has 0 radical (unpaired) electrons. The van der Waals surface area contributed by atoms with Crippen LogP contribution in [0.5, 0.6) is 0 Å². The molecule has 2 atom stereocenters. The summed E-state index contributed by atoms with van der Waals surface area (Å²) in [5.41, 5.74) is 1.24. The first-order chi connectivity index (χ1) is 14.0. The average molecular weight is 475 g/mol. The number of imidazole rings is 1. The molecular weight excluding hydrogens is 448 g/mol. The highest BCUT2D eigenvalue weighted by Crippen LogP contribution is 2.30. The summed E-state index contributed by atoms with van der Waals surface area (Å²) < 4.78 is 48.8. The second-order valence-corrected chi connectivity index (χ2v) is 12.4. The van der Waals surface area contributed by atoms with Gasteiger partial charge in [0.05, 0.1) is 32.7 Å². The number of rotatable bonds is 7. The van der Waals surface area contributed by atoms with Gasteiger partial charge in [-0.05, 0) is 45.4 Å². The Kier molecular flexibility index (Phi) is 6.51. The van der Waals surface area contributed by atoms with E-state index >= 15 is 0 Å². The van der Waals surface area contributed by atoms with Crippen LogP contribution in [0.4, 0.5) is 0 Å². The number of thioether (sulfide) groups is 1. The van der Waals surface area contributed by atoms with Crippen LogP contribution in [-0.2, 0) is 31.2 Å². The number of primary sulfonamides is 1. The largest absolute Gasteiger partial charge is 0.338 e. The Morgan fingerprint density at radius 2 is 2.10 bits per heavy atom. The normalized spacial score (nSPS) is 19.8. The molecule has 9 nitrogen and oxygen atoms in total. The number of amides is 1. The molecule has 2 heterocycles. The molecule has 0 saturated carbocycles. The Bertz CT molecular complexity index is 1170. The highest BCUT2D eigenvalue weighted by atomic mass is 32.2. The molecular formula is C18H26N4O5S3. The maximum Gasteiger partial charge on any atom is 0.238 e. The van der Waals surface area contributed by atoms with E-state index in [1.54, 1.807) is 17.9 Å². The van der Waals surface area contributed by atoms with Crippen molar-refractivity contribution in [1.29, 1.82) is 0 Å². The van der Waals surface area contributed by atoms with Crippen molar-refractivity contribution in [3.8, 4) is 0 Å². The number of nitrogens with zero attached hydrogens (tertiary/aromatic N) is 3. The Morgan fingerprint density at radius 1 is 1.40 bits per heavy atom. The second kappa shape index (κ2) is 8.48. The standard InChI is InChI=1S/C18H26N4O5S3/c1-4-21(13-8-9-29(24,25)11-13)17(23)12(3)28-18-20-15-10-14(30(19,26)27)6-7-16(15)22(18)5-2/h6-7,10,12-13H,4-5,8-9,11H2,1-3H3,(H2,19,26,27)/t12-,13-/m1/s1. The smallest absolute Gasteiger partial charge is 0.238 e. The van der Waals surface area contributed by atoms with E-state index in [4.69, 9.17) is 5.14 Å². The Hall–Kier alpha value is -1.63. The van der Waals surface area contributed by atoms with Crippen LogP contribution >= 0.6 is 11.8 Å². The maximum atomic E-state index is 13.1. The zero-order valence-electron chi connectivity index (χ0n) is 17.1. The first-order valence-corrected chi connectivity index (χ1v) is 13.9.